The van der Waals surface area contributed by atoms with Crippen molar-refractivity contribution < 1.29 is 14.3 Å². The number of imidazole rings is 1. The van der Waals surface area contributed by atoms with Gasteiger partial charge in [-0.3, -0.25) is 4.79 Å². The minimum atomic E-state index is -0.183. The van der Waals surface area contributed by atoms with Gasteiger partial charge in [-0.05, 0) is 60.2 Å². The Morgan fingerprint density at radius 1 is 0.944 bits per heavy atom. The zero-order valence-electron chi connectivity index (χ0n) is 21.6. The number of fused-ring (bicyclic) bond motifs is 1. The van der Waals surface area contributed by atoms with Crippen molar-refractivity contribution in [2.24, 2.45) is 0 Å². The largest absolute Gasteiger partial charge is 0.496 e. The number of hydrogen-bond acceptors (Lipinski definition) is 4. The van der Waals surface area contributed by atoms with Gasteiger partial charge < -0.3 is 19.4 Å². The first-order chi connectivity index (χ1) is 17.4. The van der Waals surface area contributed by atoms with Gasteiger partial charge in [0.25, 0.3) is 5.91 Å². The van der Waals surface area contributed by atoms with Crippen LogP contribution in [0.2, 0.25) is 0 Å². The maximum absolute atomic E-state index is 12.8. The van der Waals surface area contributed by atoms with E-state index in [1.807, 2.05) is 42.5 Å². The highest BCUT2D eigenvalue weighted by atomic mass is 16.5. The average molecular weight is 486 g/mol. The smallest absolute Gasteiger partial charge is 0.255 e. The molecule has 4 aromatic rings. The number of ether oxygens (including phenoxy) is 2. The number of carbonyl (C=O) groups excluding carboxylic acids is 1. The molecule has 0 unspecified atom stereocenters. The summed E-state index contributed by atoms with van der Waals surface area (Å²) in [4.78, 5) is 17.6. The molecule has 0 aliphatic carbocycles. The normalized spacial score (nSPS) is 11.4. The molecule has 4 rings (SSSR count). The second-order valence-corrected chi connectivity index (χ2v) is 9.88. The van der Waals surface area contributed by atoms with Crippen molar-refractivity contribution in [3.8, 4) is 11.5 Å². The van der Waals surface area contributed by atoms with E-state index in [9.17, 15) is 4.79 Å². The lowest BCUT2D eigenvalue weighted by Gasteiger charge is -2.19. The molecule has 6 nitrogen and oxygen atoms in total. The van der Waals surface area contributed by atoms with Crippen LogP contribution < -0.4 is 14.8 Å². The van der Waals surface area contributed by atoms with Crippen LogP contribution in [0.3, 0.4) is 0 Å². The Morgan fingerprint density at radius 2 is 1.67 bits per heavy atom. The Bertz CT molecular complexity index is 1300. The number of hydrogen-bond donors (Lipinski definition) is 1. The first-order valence-electron chi connectivity index (χ1n) is 12.5. The van der Waals surface area contributed by atoms with E-state index < -0.39 is 0 Å². The molecule has 0 fully saturated rings. The lowest BCUT2D eigenvalue weighted by Crippen LogP contribution is -2.25. The van der Waals surface area contributed by atoms with Gasteiger partial charge in [-0.1, -0.05) is 57.2 Å². The molecule has 0 spiro atoms. The van der Waals surface area contributed by atoms with Gasteiger partial charge in [0, 0.05) is 6.54 Å². The Morgan fingerprint density at radius 3 is 2.42 bits per heavy atom. The van der Waals surface area contributed by atoms with Crippen molar-refractivity contribution in [1.82, 2.24) is 14.9 Å². The third kappa shape index (κ3) is 6.06. The number of benzene rings is 3. The van der Waals surface area contributed by atoms with Crippen LogP contribution in [0.1, 0.15) is 55.4 Å². The zero-order valence-corrected chi connectivity index (χ0v) is 21.6. The van der Waals surface area contributed by atoms with Gasteiger partial charge in [0.2, 0.25) is 0 Å². The van der Waals surface area contributed by atoms with Crippen molar-refractivity contribution in [2.45, 2.75) is 52.1 Å². The number of aromatic nitrogens is 2. The SMILES string of the molecule is COc1ccccc1C(=O)NCc1nc2ccccc2n1CCCCOc1ccc(C(C)(C)C)cc1. The van der Waals surface area contributed by atoms with Crippen LogP contribution in [-0.2, 0) is 18.5 Å². The fraction of sp³-hybridized carbons (Fsp3) is 0.333. The number of unbranched alkanes of at least 4 members (excludes halogenated alkanes) is 1. The van der Waals surface area contributed by atoms with Crippen LogP contribution >= 0.6 is 0 Å². The predicted molar refractivity (Wildman–Crippen MR) is 144 cm³/mol. The lowest BCUT2D eigenvalue weighted by molar-refractivity contribution is 0.0946. The van der Waals surface area contributed by atoms with Crippen LogP contribution in [0.15, 0.2) is 72.8 Å². The first kappa shape index (κ1) is 25.3. The molecule has 0 atom stereocenters. The molecule has 188 valence electrons. The number of nitrogens with zero attached hydrogens (tertiary/aromatic N) is 2. The van der Waals surface area contributed by atoms with E-state index in [0.717, 1.165) is 42.0 Å². The van der Waals surface area contributed by atoms with Crippen molar-refractivity contribution in [3.05, 3.63) is 89.7 Å². The molecular formula is C30H35N3O3. The maximum atomic E-state index is 12.8. The molecule has 0 aliphatic heterocycles. The van der Waals surface area contributed by atoms with Gasteiger partial charge in [-0.2, -0.15) is 0 Å². The summed E-state index contributed by atoms with van der Waals surface area (Å²) in [7, 11) is 1.57. The second-order valence-electron chi connectivity index (χ2n) is 9.88. The number of rotatable bonds is 10. The van der Waals surface area contributed by atoms with Crippen LogP contribution in [0.25, 0.3) is 11.0 Å². The molecule has 1 heterocycles. The molecular weight excluding hydrogens is 450 g/mol. The fourth-order valence-electron chi connectivity index (χ4n) is 4.21. The Hall–Kier alpha value is -3.80. The molecule has 0 saturated heterocycles. The highest BCUT2D eigenvalue weighted by Crippen LogP contribution is 2.24. The minimum Gasteiger partial charge on any atom is -0.496 e. The van der Waals surface area contributed by atoms with Crippen LogP contribution in [0.5, 0.6) is 11.5 Å². The predicted octanol–water partition coefficient (Wildman–Crippen LogP) is 6.13. The zero-order chi connectivity index (χ0) is 25.5. The Kier molecular flexibility index (Phi) is 7.93. The van der Waals surface area contributed by atoms with Gasteiger partial charge in [-0.15, -0.1) is 0 Å². The summed E-state index contributed by atoms with van der Waals surface area (Å²) in [5.41, 5.74) is 3.94. The summed E-state index contributed by atoms with van der Waals surface area (Å²) in [5.74, 6) is 2.10. The monoisotopic (exact) mass is 485 g/mol. The lowest BCUT2D eigenvalue weighted by atomic mass is 9.87. The number of methoxy groups -OCH3 is 1. The molecule has 1 aromatic heterocycles. The number of aryl methyl sites for hydroxylation is 1. The molecule has 3 aromatic carbocycles. The van der Waals surface area contributed by atoms with E-state index in [1.165, 1.54) is 5.56 Å². The van der Waals surface area contributed by atoms with Crippen molar-refractivity contribution in [2.75, 3.05) is 13.7 Å². The molecule has 0 bridgehead atoms. The minimum absolute atomic E-state index is 0.135. The quantitative estimate of drug-likeness (QED) is 0.274. The van der Waals surface area contributed by atoms with Gasteiger partial charge in [0.1, 0.15) is 17.3 Å². The van der Waals surface area contributed by atoms with Gasteiger partial charge in [0.15, 0.2) is 0 Å². The second kappa shape index (κ2) is 11.3. The van der Waals surface area contributed by atoms with E-state index in [2.05, 4.69) is 48.9 Å². The Labute approximate surface area is 213 Å². The fourth-order valence-corrected chi connectivity index (χ4v) is 4.21. The third-order valence-electron chi connectivity index (χ3n) is 6.26. The number of nitrogens with one attached hydrogen (secondary N) is 1. The standard InChI is InChI=1S/C30H35N3O3/c1-30(2,3)22-15-17-23(18-16-22)36-20-10-9-19-33-26-13-7-6-12-25(26)32-28(33)21-31-29(34)24-11-5-8-14-27(24)35-4/h5-8,11-18H,9-10,19-21H2,1-4H3,(H,31,34). The molecule has 36 heavy (non-hydrogen) atoms. The number of amides is 1. The summed E-state index contributed by atoms with van der Waals surface area (Å²) >= 11 is 0. The summed E-state index contributed by atoms with van der Waals surface area (Å²) in [5, 5.41) is 3.00. The van der Waals surface area contributed by atoms with E-state index in [1.54, 1.807) is 19.2 Å². The maximum Gasteiger partial charge on any atom is 0.255 e. The van der Waals surface area contributed by atoms with Gasteiger partial charge in [0.05, 0.1) is 36.9 Å². The summed E-state index contributed by atoms with van der Waals surface area (Å²) in [6.07, 6.45) is 1.86. The van der Waals surface area contributed by atoms with Gasteiger partial charge >= 0.3 is 0 Å². The topological polar surface area (TPSA) is 65.4 Å². The van der Waals surface area contributed by atoms with Crippen molar-refractivity contribution in [1.29, 1.82) is 0 Å². The van der Waals surface area contributed by atoms with Crippen LogP contribution in [0, 0.1) is 0 Å². The summed E-state index contributed by atoms with van der Waals surface area (Å²) in [6, 6.07) is 23.7. The molecule has 1 N–H and O–H groups in total. The molecule has 0 radical (unpaired) electrons. The van der Waals surface area contributed by atoms with Crippen LogP contribution in [0.4, 0.5) is 0 Å². The molecule has 6 heteroatoms. The molecule has 1 amide bonds. The third-order valence-corrected chi connectivity index (χ3v) is 6.26. The van der Waals surface area contributed by atoms with Gasteiger partial charge in [-0.25, -0.2) is 4.98 Å². The van der Waals surface area contributed by atoms with E-state index in [0.29, 0.717) is 24.5 Å². The summed E-state index contributed by atoms with van der Waals surface area (Å²) in [6.45, 7) is 8.42. The van der Waals surface area contributed by atoms with Crippen molar-refractivity contribution >= 4 is 16.9 Å². The van der Waals surface area contributed by atoms with Crippen LogP contribution in [-0.4, -0.2) is 29.2 Å². The van der Waals surface area contributed by atoms with E-state index in [-0.39, 0.29) is 11.3 Å². The highest BCUT2D eigenvalue weighted by molar-refractivity contribution is 5.96. The van der Waals surface area contributed by atoms with Crippen molar-refractivity contribution in [3.63, 3.8) is 0 Å². The highest BCUT2D eigenvalue weighted by Gasteiger charge is 2.15. The van der Waals surface area contributed by atoms with E-state index in [4.69, 9.17) is 14.5 Å². The number of para-hydroxylation sites is 3. The van der Waals surface area contributed by atoms with E-state index >= 15 is 0 Å². The molecule has 0 saturated carbocycles. The molecule has 0 aliphatic rings. The Balaban J connectivity index is 1.35. The average Bonchev–Trinajstić information content (AvgIpc) is 3.24. The number of carbonyl (C=O) groups is 1. The first-order valence-corrected chi connectivity index (χ1v) is 12.5. The summed E-state index contributed by atoms with van der Waals surface area (Å²) < 4.78 is 13.5.